The van der Waals surface area contributed by atoms with Crippen LogP contribution in [0.1, 0.15) is 27.2 Å². The number of carbonyl (C=O) groups excluding carboxylic acids is 1. The van der Waals surface area contributed by atoms with Gasteiger partial charge in [-0.3, -0.25) is 4.79 Å². The second kappa shape index (κ2) is 9.34. The maximum absolute atomic E-state index is 12.1. The molecule has 0 aliphatic rings. The van der Waals surface area contributed by atoms with Gasteiger partial charge in [-0.05, 0) is 42.5 Å². The number of hydrogen-bond acceptors (Lipinski definition) is 8. The molecule has 11 heteroatoms. The molecule has 2 aromatic heterocycles. The number of thioether (sulfide) groups is 1. The van der Waals surface area contributed by atoms with E-state index in [1.54, 1.807) is 28.5 Å². The Labute approximate surface area is 210 Å². The van der Waals surface area contributed by atoms with Crippen molar-refractivity contribution in [3.05, 3.63) is 77.0 Å². The molecule has 10 nitrogen and oxygen atoms in total. The van der Waals surface area contributed by atoms with Crippen molar-refractivity contribution in [1.29, 1.82) is 0 Å². The van der Waals surface area contributed by atoms with Gasteiger partial charge in [-0.2, -0.15) is 5.10 Å². The first-order valence-electron chi connectivity index (χ1n) is 11.1. The lowest BCUT2D eigenvalue weighted by Gasteiger charge is -2.15. The molecule has 3 N–H and O–H groups in total. The summed E-state index contributed by atoms with van der Waals surface area (Å²) in [6.45, 7) is 3.92. The highest BCUT2D eigenvalue weighted by atomic mass is 32.2. The predicted molar refractivity (Wildman–Crippen MR) is 136 cm³/mol. The fourth-order valence-electron chi connectivity index (χ4n) is 3.85. The quantitative estimate of drug-likeness (QED) is 0.319. The van der Waals surface area contributed by atoms with E-state index in [0.29, 0.717) is 33.3 Å². The number of ether oxygens (including phenoxy) is 1. The van der Waals surface area contributed by atoms with Gasteiger partial charge in [0.2, 0.25) is 11.0 Å². The summed E-state index contributed by atoms with van der Waals surface area (Å²) in [6, 6.07) is 16.5. The summed E-state index contributed by atoms with van der Waals surface area (Å²) in [5.74, 6) is 0.401. The van der Waals surface area contributed by atoms with Crippen molar-refractivity contribution in [2.75, 3.05) is 0 Å². The largest absolute Gasteiger partial charge is 0.506 e. The molecule has 182 valence electrons. The number of hydrogen-bond donors (Lipinski definition) is 2. The van der Waals surface area contributed by atoms with Crippen molar-refractivity contribution >= 4 is 28.4 Å². The monoisotopic (exact) mass is 501 g/mol. The molecule has 0 bridgehead atoms. The van der Waals surface area contributed by atoms with Crippen molar-refractivity contribution < 1.29 is 14.6 Å². The number of aryl methyl sites for hydroxylation is 3. The van der Waals surface area contributed by atoms with Gasteiger partial charge in [0.05, 0.1) is 16.9 Å². The number of tetrazole rings is 1. The predicted octanol–water partition coefficient (Wildman–Crippen LogP) is 4.05. The average Bonchev–Trinajstić information content (AvgIpc) is 3.41. The fraction of sp³-hybridized carbons (Fsp3) is 0.160. The van der Waals surface area contributed by atoms with E-state index in [4.69, 9.17) is 15.6 Å². The van der Waals surface area contributed by atoms with Gasteiger partial charge in [-0.15, -0.1) is 5.10 Å². The minimum absolute atomic E-state index is 0.0251. The number of amides is 1. The Kier molecular flexibility index (Phi) is 6.06. The molecule has 0 saturated carbocycles. The van der Waals surface area contributed by atoms with Crippen LogP contribution in [-0.2, 0) is 12.8 Å². The lowest BCUT2D eigenvalue weighted by atomic mass is 10.0. The highest BCUT2D eigenvalue weighted by Crippen LogP contribution is 2.40. The Morgan fingerprint density at radius 2 is 1.83 bits per heavy atom. The van der Waals surface area contributed by atoms with Crippen molar-refractivity contribution in [2.45, 2.75) is 24.8 Å². The van der Waals surface area contributed by atoms with Crippen molar-refractivity contribution in [2.24, 2.45) is 12.8 Å². The summed E-state index contributed by atoms with van der Waals surface area (Å²) in [6.07, 6.45) is 0. The van der Waals surface area contributed by atoms with E-state index >= 15 is 0 Å². The third kappa shape index (κ3) is 4.24. The molecule has 0 spiro atoms. The third-order valence-corrected chi connectivity index (χ3v) is 6.83. The number of aromatic nitrogens is 6. The Morgan fingerprint density at radius 1 is 1.11 bits per heavy atom. The van der Waals surface area contributed by atoms with E-state index in [1.807, 2.05) is 50.2 Å². The van der Waals surface area contributed by atoms with E-state index in [-0.39, 0.29) is 11.3 Å². The first-order valence-corrected chi connectivity index (χ1v) is 12.0. The van der Waals surface area contributed by atoms with Gasteiger partial charge in [-0.25, -0.2) is 9.36 Å². The third-order valence-electron chi connectivity index (χ3n) is 5.79. The van der Waals surface area contributed by atoms with Crippen LogP contribution < -0.4 is 10.5 Å². The highest BCUT2D eigenvalue weighted by molar-refractivity contribution is 7.98. The lowest BCUT2D eigenvalue weighted by molar-refractivity contribution is 0.0997. The summed E-state index contributed by atoms with van der Waals surface area (Å²) in [5.41, 5.74) is 9.07. The molecule has 3 aromatic carbocycles. The van der Waals surface area contributed by atoms with E-state index in [1.165, 1.54) is 17.8 Å². The molecule has 0 radical (unpaired) electrons. The molecule has 0 aliphatic carbocycles. The van der Waals surface area contributed by atoms with Crippen LogP contribution in [0.2, 0.25) is 0 Å². The van der Waals surface area contributed by atoms with E-state index in [0.717, 1.165) is 22.5 Å². The first-order chi connectivity index (χ1) is 17.3. The maximum Gasteiger partial charge on any atom is 0.252 e. The summed E-state index contributed by atoms with van der Waals surface area (Å²) in [4.78, 5) is 12.1. The number of carbonyl (C=O) groups is 1. The van der Waals surface area contributed by atoms with Crippen LogP contribution in [0.3, 0.4) is 0 Å². The Hall–Kier alpha value is -4.38. The fourth-order valence-corrected chi connectivity index (χ4v) is 4.78. The number of nitrogens with zero attached hydrogens (tertiary/aromatic N) is 6. The summed E-state index contributed by atoms with van der Waals surface area (Å²) in [7, 11) is 1.77. The summed E-state index contributed by atoms with van der Waals surface area (Å²) in [5, 5.41) is 28.8. The van der Waals surface area contributed by atoms with Gasteiger partial charge >= 0.3 is 0 Å². The van der Waals surface area contributed by atoms with Crippen molar-refractivity contribution in [3.8, 4) is 23.1 Å². The molecule has 0 saturated heterocycles. The summed E-state index contributed by atoms with van der Waals surface area (Å²) >= 11 is 1.45. The van der Waals surface area contributed by atoms with Crippen LogP contribution in [0, 0.1) is 13.8 Å². The number of aromatic hydroxyl groups is 1. The minimum Gasteiger partial charge on any atom is -0.506 e. The molecular weight excluding hydrogens is 478 g/mol. The normalized spacial score (nSPS) is 11.2. The SMILES string of the molecule is Cc1ccc(-n2nc(C)c(CSc3nnnn3C)c2Oc2cc(C(N)=O)c(O)c3ccccc23)cc1. The molecule has 1 amide bonds. The standard InChI is InChI=1S/C25H23N7O3S/c1-14-8-10-16(11-9-14)32-24(20(15(2)28-32)13-36-25-27-29-30-31(25)3)35-21-12-19(23(26)34)22(33)18-7-5-4-6-17(18)21/h4-12,33H,13H2,1-3H3,(H2,26,34). The molecule has 5 aromatic rings. The number of primary amides is 1. The van der Waals surface area contributed by atoms with Crippen molar-refractivity contribution in [3.63, 3.8) is 0 Å². The van der Waals surface area contributed by atoms with Gasteiger partial charge in [0.15, 0.2) is 0 Å². The van der Waals surface area contributed by atoms with E-state index < -0.39 is 5.91 Å². The molecule has 0 aliphatic heterocycles. The van der Waals surface area contributed by atoms with Gasteiger partial charge in [0, 0.05) is 29.1 Å². The second-order valence-corrected chi connectivity index (χ2v) is 9.22. The van der Waals surface area contributed by atoms with Crippen LogP contribution in [0.5, 0.6) is 17.4 Å². The maximum atomic E-state index is 12.1. The van der Waals surface area contributed by atoms with Crippen LogP contribution in [-0.4, -0.2) is 41.0 Å². The first kappa shape index (κ1) is 23.4. The molecular formula is C25H23N7O3S. The molecule has 5 rings (SSSR count). The summed E-state index contributed by atoms with van der Waals surface area (Å²) < 4.78 is 9.84. The molecule has 2 heterocycles. The number of nitrogens with two attached hydrogens (primary N) is 1. The number of fused-ring (bicyclic) bond motifs is 1. The highest BCUT2D eigenvalue weighted by Gasteiger charge is 2.23. The molecule has 0 fully saturated rings. The minimum atomic E-state index is -0.753. The molecule has 36 heavy (non-hydrogen) atoms. The van der Waals surface area contributed by atoms with E-state index in [2.05, 4.69) is 15.5 Å². The molecule has 0 unspecified atom stereocenters. The average molecular weight is 502 g/mol. The Balaban J connectivity index is 1.66. The number of benzene rings is 3. The number of phenols is 1. The van der Waals surface area contributed by atoms with Crippen LogP contribution in [0.15, 0.2) is 59.8 Å². The zero-order valence-electron chi connectivity index (χ0n) is 19.8. The topological polar surface area (TPSA) is 134 Å². The Bertz CT molecular complexity index is 1590. The van der Waals surface area contributed by atoms with Gasteiger partial charge in [0.25, 0.3) is 5.91 Å². The van der Waals surface area contributed by atoms with Crippen LogP contribution in [0.4, 0.5) is 0 Å². The van der Waals surface area contributed by atoms with Crippen molar-refractivity contribution in [1.82, 2.24) is 30.0 Å². The number of rotatable bonds is 7. The zero-order chi connectivity index (χ0) is 25.4. The Morgan fingerprint density at radius 3 is 2.50 bits per heavy atom. The van der Waals surface area contributed by atoms with Crippen LogP contribution in [0.25, 0.3) is 16.5 Å². The second-order valence-electron chi connectivity index (χ2n) is 8.27. The molecule has 0 atom stereocenters. The van der Waals surface area contributed by atoms with Crippen LogP contribution >= 0.6 is 11.8 Å². The van der Waals surface area contributed by atoms with Gasteiger partial charge in [-0.1, -0.05) is 53.7 Å². The van der Waals surface area contributed by atoms with E-state index in [9.17, 15) is 9.90 Å². The van der Waals surface area contributed by atoms with Gasteiger partial charge in [0.1, 0.15) is 11.5 Å². The lowest BCUT2D eigenvalue weighted by Crippen LogP contribution is -2.11. The zero-order valence-corrected chi connectivity index (χ0v) is 20.7. The van der Waals surface area contributed by atoms with Gasteiger partial charge < -0.3 is 15.6 Å². The smallest absolute Gasteiger partial charge is 0.252 e.